The molecule has 6 heteroatoms. The van der Waals surface area contributed by atoms with Crippen molar-refractivity contribution in [1.82, 2.24) is 20.5 Å². The standard InChI is InChI=1S/C21H30ClN5/c1-4-23-21(24-12-11-17-9-10-20(22)25-14-17)26-15-18-7-6-8-19(13-18)16-27(3)5-2/h6-10,13-14H,4-5,11-12,15-16H2,1-3H3,(H2,23,24,26). The van der Waals surface area contributed by atoms with E-state index < -0.39 is 0 Å². The van der Waals surface area contributed by atoms with Gasteiger partial charge in [-0.05, 0) is 49.7 Å². The van der Waals surface area contributed by atoms with Crippen LogP contribution in [0.4, 0.5) is 0 Å². The van der Waals surface area contributed by atoms with Crippen LogP contribution in [0, 0.1) is 0 Å². The van der Waals surface area contributed by atoms with Gasteiger partial charge in [-0.15, -0.1) is 0 Å². The Morgan fingerprint density at radius 1 is 1.11 bits per heavy atom. The smallest absolute Gasteiger partial charge is 0.191 e. The second kappa shape index (κ2) is 11.6. The molecular formula is C21H30ClN5. The Bertz CT molecular complexity index is 715. The van der Waals surface area contributed by atoms with Crippen LogP contribution in [0.15, 0.2) is 47.6 Å². The molecule has 1 heterocycles. The molecule has 0 aliphatic heterocycles. The number of guanidine groups is 1. The van der Waals surface area contributed by atoms with E-state index in [1.54, 1.807) is 0 Å². The van der Waals surface area contributed by atoms with Crippen LogP contribution in [0.5, 0.6) is 0 Å². The van der Waals surface area contributed by atoms with Crippen LogP contribution in [-0.2, 0) is 19.5 Å². The fourth-order valence-electron chi connectivity index (χ4n) is 2.64. The van der Waals surface area contributed by atoms with Crippen LogP contribution in [0.1, 0.15) is 30.5 Å². The number of hydrogen-bond donors (Lipinski definition) is 2. The van der Waals surface area contributed by atoms with Gasteiger partial charge in [0.25, 0.3) is 0 Å². The molecule has 2 N–H and O–H groups in total. The lowest BCUT2D eigenvalue weighted by atomic mass is 10.1. The quantitative estimate of drug-likeness (QED) is 0.393. The van der Waals surface area contributed by atoms with Gasteiger partial charge in [-0.3, -0.25) is 0 Å². The number of nitrogens with zero attached hydrogens (tertiary/aromatic N) is 3. The Morgan fingerprint density at radius 3 is 2.63 bits per heavy atom. The normalized spacial score (nSPS) is 11.7. The first-order valence-electron chi connectivity index (χ1n) is 9.49. The van der Waals surface area contributed by atoms with Crippen LogP contribution in [0.25, 0.3) is 0 Å². The summed E-state index contributed by atoms with van der Waals surface area (Å²) in [4.78, 5) is 11.1. The third-order valence-corrected chi connectivity index (χ3v) is 4.47. The van der Waals surface area contributed by atoms with E-state index in [4.69, 9.17) is 16.6 Å². The van der Waals surface area contributed by atoms with Crippen LogP contribution < -0.4 is 10.6 Å². The Morgan fingerprint density at radius 2 is 1.93 bits per heavy atom. The van der Waals surface area contributed by atoms with Gasteiger partial charge in [0.15, 0.2) is 5.96 Å². The van der Waals surface area contributed by atoms with Crippen LogP contribution in [0.3, 0.4) is 0 Å². The highest BCUT2D eigenvalue weighted by Crippen LogP contribution is 2.09. The molecule has 0 aliphatic rings. The van der Waals surface area contributed by atoms with Crippen molar-refractivity contribution >= 4 is 17.6 Å². The van der Waals surface area contributed by atoms with E-state index in [1.807, 2.05) is 18.3 Å². The fourth-order valence-corrected chi connectivity index (χ4v) is 2.75. The number of pyridine rings is 1. The number of aliphatic imine (C=N–C) groups is 1. The average Bonchev–Trinajstić information content (AvgIpc) is 2.68. The van der Waals surface area contributed by atoms with Gasteiger partial charge >= 0.3 is 0 Å². The highest BCUT2D eigenvalue weighted by atomic mass is 35.5. The second-order valence-corrected chi connectivity index (χ2v) is 6.90. The molecule has 1 aromatic carbocycles. The molecule has 5 nitrogen and oxygen atoms in total. The Kier molecular flexibility index (Phi) is 9.08. The molecule has 0 bridgehead atoms. The van der Waals surface area contributed by atoms with Gasteiger partial charge in [0.2, 0.25) is 0 Å². The highest BCUT2D eigenvalue weighted by molar-refractivity contribution is 6.29. The molecule has 0 saturated heterocycles. The molecule has 2 rings (SSSR count). The van der Waals surface area contributed by atoms with Crippen molar-refractivity contribution in [3.05, 3.63) is 64.4 Å². The Balaban J connectivity index is 1.90. The molecule has 0 unspecified atom stereocenters. The van der Waals surface area contributed by atoms with E-state index in [9.17, 15) is 0 Å². The molecule has 0 atom stereocenters. The molecule has 0 spiro atoms. The molecule has 0 radical (unpaired) electrons. The van der Waals surface area contributed by atoms with E-state index in [1.165, 1.54) is 11.1 Å². The maximum absolute atomic E-state index is 5.83. The zero-order chi connectivity index (χ0) is 19.5. The number of benzene rings is 1. The molecule has 0 saturated carbocycles. The number of rotatable bonds is 9. The van der Waals surface area contributed by atoms with Gasteiger partial charge in [-0.25, -0.2) is 9.98 Å². The third-order valence-electron chi connectivity index (χ3n) is 4.24. The van der Waals surface area contributed by atoms with E-state index in [0.717, 1.165) is 44.1 Å². The lowest BCUT2D eigenvalue weighted by Crippen LogP contribution is -2.38. The number of hydrogen-bond acceptors (Lipinski definition) is 3. The first-order valence-corrected chi connectivity index (χ1v) is 9.87. The van der Waals surface area contributed by atoms with Crippen molar-refractivity contribution in [3.63, 3.8) is 0 Å². The molecule has 2 aromatic rings. The first kappa shape index (κ1) is 21.2. The van der Waals surface area contributed by atoms with E-state index >= 15 is 0 Å². The van der Waals surface area contributed by atoms with Crippen molar-refractivity contribution in [2.24, 2.45) is 4.99 Å². The summed E-state index contributed by atoms with van der Waals surface area (Å²) in [6, 6.07) is 12.5. The second-order valence-electron chi connectivity index (χ2n) is 6.51. The molecule has 0 fully saturated rings. The van der Waals surface area contributed by atoms with Crippen molar-refractivity contribution < 1.29 is 0 Å². The van der Waals surface area contributed by atoms with Crippen molar-refractivity contribution in [1.29, 1.82) is 0 Å². The summed E-state index contributed by atoms with van der Waals surface area (Å²) < 4.78 is 0. The van der Waals surface area contributed by atoms with Gasteiger partial charge in [0, 0.05) is 25.8 Å². The summed E-state index contributed by atoms with van der Waals surface area (Å²) in [7, 11) is 2.13. The number of aromatic nitrogens is 1. The summed E-state index contributed by atoms with van der Waals surface area (Å²) in [6.45, 7) is 8.51. The maximum Gasteiger partial charge on any atom is 0.191 e. The minimum atomic E-state index is 0.522. The molecule has 0 amide bonds. The summed E-state index contributed by atoms with van der Waals surface area (Å²) in [5.41, 5.74) is 3.69. The summed E-state index contributed by atoms with van der Waals surface area (Å²) >= 11 is 5.83. The minimum absolute atomic E-state index is 0.522. The fraction of sp³-hybridized carbons (Fsp3) is 0.429. The molecule has 0 aliphatic carbocycles. The highest BCUT2D eigenvalue weighted by Gasteiger charge is 2.02. The summed E-state index contributed by atoms with van der Waals surface area (Å²) in [5, 5.41) is 7.20. The van der Waals surface area contributed by atoms with Gasteiger partial charge in [0.05, 0.1) is 6.54 Å². The van der Waals surface area contributed by atoms with Gasteiger partial charge in [-0.1, -0.05) is 48.9 Å². The number of halogens is 1. The van der Waals surface area contributed by atoms with Crippen LogP contribution in [0.2, 0.25) is 5.15 Å². The van der Waals surface area contributed by atoms with Crippen molar-refractivity contribution in [3.8, 4) is 0 Å². The first-order chi connectivity index (χ1) is 13.1. The van der Waals surface area contributed by atoms with E-state index in [2.05, 4.69) is 65.7 Å². The van der Waals surface area contributed by atoms with Crippen molar-refractivity contribution in [2.45, 2.75) is 33.4 Å². The monoisotopic (exact) mass is 387 g/mol. The predicted molar refractivity (Wildman–Crippen MR) is 114 cm³/mol. The van der Waals surface area contributed by atoms with Gasteiger partial charge < -0.3 is 15.5 Å². The number of nitrogens with one attached hydrogen (secondary N) is 2. The molecule has 146 valence electrons. The zero-order valence-electron chi connectivity index (χ0n) is 16.5. The Hall–Kier alpha value is -2.11. The average molecular weight is 388 g/mol. The summed E-state index contributed by atoms with van der Waals surface area (Å²) in [5.74, 6) is 0.829. The minimum Gasteiger partial charge on any atom is -0.357 e. The van der Waals surface area contributed by atoms with Gasteiger partial charge in [0.1, 0.15) is 5.15 Å². The Labute approximate surface area is 167 Å². The SMILES string of the molecule is CCNC(=NCc1cccc(CN(C)CC)c1)NCCc1ccc(Cl)nc1. The zero-order valence-corrected chi connectivity index (χ0v) is 17.3. The lowest BCUT2D eigenvalue weighted by Gasteiger charge is -2.14. The van der Waals surface area contributed by atoms with E-state index in [0.29, 0.717) is 11.7 Å². The topological polar surface area (TPSA) is 52.6 Å². The van der Waals surface area contributed by atoms with Crippen molar-refractivity contribution in [2.75, 3.05) is 26.7 Å². The molecular weight excluding hydrogens is 358 g/mol. The van der Waals surface area contributed by atoms with Crippen LogP contribution >= 0.6 is 11.6 Å². The van der Waals surface area contributed by atoms with Crippen LogP contribution in [-0.4, -0.2) is 42.5 Å². The van der Waals surface area contributed by atoms with Gasteiger partial charge in [-0.2, -0.15) is 0 Å². The predicted octanol–water partition coefficient (Wildman–Crippen LogP) is 3.48. The summed E-state index contributed by atoms with van der Waals surface area (Å²) in [6.07, 6.45) is 2.68. The third kappa shape index (κ3) is 7.97. The lowest BCUT2D eigenvalue weighted by molar-refractivity contribution is 0.345. The molecule has 27 heavy (non-hydrogen) atoms. The molecule has 1 aromatic heterocycles. The van der Waals surface area contributed by atoms with E-state index in [-0.39, 0.29) is 0 Å². The largest absolute Gasteiger partial charge is 0.357 e. The maximum atomic E-state index is 5.83.